The summed E-state index contributed by atoms with van der Waals surface area (Å²) in [4.78, 5) is 4.13. The number of thiazole rings is 1. The molecule has 0 aliphatic heterocycles. The Labute approximate surface area is 113 Å². The van der Waals surface area contributed by atoms with E-state index < -0.39 is 5.82 Å². The largest absolute Gasteiger partial charge is 0.397 e. The molecule has 18 heavy (non-hydrogen) atoms. The molecule has 0 amide bonds. The second kappa shape index (κ2) is 5.41. The number of halogens is 2. The van der Waals surface area contributed by atoms with Crippen LogP contribution in [0.1, 0.15) is 5.01 Å². The van der Waals surface area contributed by atoms with Crippen LogP contribution in [-0.2, 0) is 6.42 Å². The Bertz CT molecular complexity index is 544. The second-order valence-electron chi connectivity index (χ2n) is 3.66. The maximum absolute atomic E-state index is 13.8. The van der Waals surface area contributed by atoms with Gasteiger partial charge >= 0.3 is 0 Å². The van der Waals surface area contributed by atoms with Crippen molar-refractivity contribution in [2.24, 2.45) is 0 Å². The third-order valence-electron chi connectivity index (χ3n) is 2.39. The molecule has 7 heteroatoms. The smallest absolute Gasteiger partial charge is 0.169 e. The molecule has 0 aliphatic rings. The molecule has 1 aromatic heterocycles. The van der Waals surface area contributed by atoms with E-state index >= 15 is 0 Å². The van der Waals surface area contributed by atoms with Crippen molar-refractivity contribution in [1.82, 2.24) is 4.98 Å². The zero-order valence-corrected chi connectivity index (χ0v) is 11.0. The van der Waals surface area contributed by atoms with E-state index in [-0.39, 0.29) is 22.1 Å². The maximum atomic E-state index is 13.8. The lowest BCUT2D eigenvalue weighted by molar-refractivity contribution is 0.631. The monoisotopic (exact) mass is 286 g/mol. The maximum Gasteiger partial charge on any atom is 0.169 e. The molecular weight excluding hydrogens is 275 g/mol. The van der Waals surface area contributed by atoms with Gasteiger partial charge in [0.05, 0.1) is 22.1 Å². The van der Waals surface area contributed by atoms with Gasteiger partial charge in [-0.15, -0.1) is 11.3 Å². The summed E-state index contributed by atoms with van der Waals surface area (Å²) < 4.78 is 13.8. The fourth-order valence-corrected chi connectivity index (χ4v) is 2.29. The first-order valence-corrected chi connectivity index (χ1v) is 6.50. The van der Waals surface area contributed by atoms with E-state index in [0.29, 0.717) is 13.0 Å². The van der Waals surface area contributed by atoms with Crippen LogP contribution in [-0.4, -0.2) is 11.5 Å². The molecule has 0 atom stereocenters. The summed E-state index contributed by atoms with van der Waals surface area (Å²) in [6.07, 6.45) is 2.42. The normalized spacial score (nSPS) is 10.6. The lowest BCUT2D eigenvalue weighted by Crippen LogP contribution is -2.09. The average Bonchev–Trinajstić information content (AvgIpc) is 2.84. The van der Waals surface area contributed by atoms with Gasteiger partial charge in [-0.3, -0.25) is 0 Å². The van der Waals surface area contributed by atoms with Crippen LogP contribution >= 0.6 is 22.9 Å². The third-order valence-corrected chi connectivity index (χ3v) is 3.61. The van der Waals surface area contributed by atoms with Crippen LogP contribution < -0.4 is 16.8 Å². The van der Waals surface area contributed by atoms with Gasteiger partial charge in [-0.05, 0) is 6.07 Å². The summed E-state index contributed by atoms with van der Waals surface area (Å²) in [6, 6.07) is 1.44. The molecule has 0 spiro atoms. The van der Waals surface area contributed by atoms with Crippen molar-refractivity contribution < 1.29 is 4.39 Å². The summed E-state index contributed by atoms with van der Waals surface area (Å²) in [5.41, 5.74) is 11.8. The van der Waals surface area contributed by atoms with E-state index in [1.807, 2.05) is 5.38 Å². The van der Waals surface area contributed by atoms with Gasteiger partial charge in [0, 0.05) is 24.5 Å². The fraction of sp³-hybridized carbons (Fsp3) is 0.182. The molecular formula is C11H12ClFN4S. The van der Waals surface area contributed by atoms with Gasteiger partial charge < -0.3 is 16.8 Å². The predicted molar refractivity (Wildman–Crippen MR) is 74.5 cm³/mol. The van der Waals surface area contributed by atoms with Gasteiger partial charge in [0.2, 0.25) is 0 Å². The highest BCUT2D eigenvalue weighted by Crippen LogP contribution is 2.33. The van der Waals surface area contributed by atoms with Crippen LogP contribution in [0, 0.1) is 5.82 Å². The quantitative estimate of drug-likeness (QED) is 0.755. The molecule has 4 nitrogen and oxygen atoms in total. The number of hydrogen-bond donors (Lipinski definition) is 3. The van der Waals surface area contributed by atoms with E-state index in [4.69, 9.17) is 23.1 Å². The molecule has 0 fully saturated rings. The van der Waals surface area contributed by atoms with Gasteiger partial charge in [-0.2, -0.15) is 0 Å². The number of nitrogens with zero attached hydrogens (tertiary/aromatic N) is 1. The molecule has 0 aliphatic carbocycles. The number of aromatic nitrogens is 1. The number of rotatable bonds is 4. The van der Waals surface area contributed by atoms with Crippen LogP contribution in [0.15, 0.2) is 17.6 Å². The van der Waals surface area contributed by atoms with Gasteiger partial charge in [-0.25, -0.2) is 9.37 Å². The topological polar surface area (TPSA) is 77.0 Å². The molecule has 96 valence electrons. The molecule has 0 unspecified atom stereocenters. The highest BCUT2D eigenvalue weighted by atomic mass is 35.5. The van der Waals surface area contributed by atoms with Crippen LogP contribution in [0.5, 0.6) is 0 Å². The predicted octanol–water partition coefficient (Wildman–Crippen LogP) is 2.75. The fourth-order valence-electron chi connectivity index (χ4n) is 1.52. The minimum absolute atomic E-state index is 0.110. The van der Waals surface area contributed by atoms with E-state index in [9.17, 15) is 4.39 Å². The Balaban J connectivity index is 2.07. The Morgan fingerprint density at radius 2 is 2.17 bits per heavy atom. The molecule has 0 saturated carbocycles. The van der Waals surface area contributed by atoms with Crippen molar-refractivity contribution in [3.8, 4) is 0 Å². The Morgan fingerprint density at radius 3 is 2.83 bits per heavy atom. The van der Waals surface area contributed by atoms with Gasteiger partial charge in [-0.1, -0.05) is 11.6 Å². The van der Waals surface area contributed by atoms with Gasteiger partial charge in [0.1, 0.15) is 5.02 Å². The molecule has 2 rings (SSSR count). The van der Waals surface area contributed by atoms with Crippen molar-refractivity contribution in [2.45, 2.75) is 6.42 Å². The number of nitrogen functional groups attached to an aromatic ring is 2. The lowest BCUT2D eigenvalue weighted by atomic mass is 10.2. The Hall–Kier alpha value is -1.53. The second-order valence-corrected chi connectivity index (χ2v) is 5.02. The molecule has 1 aromatic carbocycles. The lowest BCUT2D eigenvalue weighted by Gasteiger charge is -2.12. The Morgan fingerprint density at radius 1 is 1.39 bits per heavy atom. The summed E-state index contributed by atoms with van der Waals surface area (Å²) in [7, 11) is 0. The van der Waals surface area contributed by atoms with Crippen molar-refractivity contribution >= 4 is 40.0 Å². The highest BCUT2D eigenvalue weighted by Gasteiger charge is 2.13. The average molecular weight is 287 g/mol. The van der Waals surface area contributed by atoms with E-state index in [1.54, 1.807) is 17.5 Å². The van der Waals surface area contributed by atoms with Crippen LogP contribution in [0.4, 0.5) is 21.5 Å². The number of nitrogens with two attached hydrogens (primary N) is 2. The SMILES string of the molecule is Nc1cc(N)c(NCCc2nccs2)c(F)c1Cl. The van der Waals surface area contributed by atoms with E-state index in [0.717, 1.165) is 5.01 Å². The molecule has 2 aromatic rings. The summed E-state index contributed by atoms with van der Waals surface area (Å²) in [5, 5.41) is 5.67. The van der Waals surface area contributed by atoms with Gasteiger partial charge in [0.15, 0.2) is 5.82 Å². The van der Waals surface area contributed by atoms with Crippen LogP contribution in [0.2, 0.25) is 5.02 Å². The van der Waals surface area contributed by atoms with E-state index in [1.165, 1.54) is 6.07 Å². The standard InChI is InChI=1S/C11H12ClFN4S/c12-9-6(14)5-7(15)11(10(9)13)17-2-1-8-16-3-4-18-8/h3-5,17H,1-2,14-15H2. The van der Waals surface area contributed by atoms with Crippen molar-refractivity contribution in [2.75, 3.05) is 23.3 Å². The first-order valence-electron chi connectivity index (χ1n) is 5.24. The van der Waals surface area contributed by atoms with Crippen molar-refractivity contribution in [3.05, 3.63) is 33.5 Å². The molecule has 5 N–H and O–H groups in total. The van der Waals surface area contributed by atoms with Crippen LogP contribution in [0.3, 0.4) is 0 Å². The number of hydrogen-bond acceptors (Lipinski definition) is 5. The summed E-state index contributed by atoms with van der Waals surface area (Å²) in [6.45, 7) is 0.523. The zero-order chi connectivity index (χ0) is 13.1. The summed E-state index contributed by atoms with van der Waals surface area (Å²) in [5.74, 6) is -0.617. The van der Waals surface area contributed by atoms with Crippen molar-refractivity contribution in [1.29, 1.82) is 0 Å². The minimum Gasteiger partial charge on any atom is -0.397 e. The minimum atomic E-state index is -0.617. The number of benzene rings is 1. The van der Waals surface area contributed by atoms with Crippen molar-refractivity contribution in [3.63, 3.8) is 0 Å². The molecule has 0 radical (unpaired) electrons. The molecule has 1 heterocycles. The van der Waals surface area contributed by atoms with Gasteiger partial charge in [0.25, 0.3) is 0 Å². The molecule has 0 bridgehead atoms. The van der Waals surface area contributed by atoms with E-state index in [2.05, 4.69) is 10.3 Å². The first-order chi connectivity index (χ1) is 8.59. The zero-order valence-electron chi connectivity index (χ0n) is 9.41. The number of anilines is 3. The third kappa shape index (κ3) is 2.65. The molecule has 0 saturated heterocycles. The number of nitrogens with one attached hydrogen (secondary N) is 1. The summed E-state index contributed by atoms with van der Waals surface area (Å²) >= 11 is 7.28. The Kier molecular flexibility index (Phi) is 3.88. The first kappa shape index (κ1) is 12.9. The highest BCUT2D eigenvalue weighted by molar-refractivity contribution is 7.09. The van der Waals surface area contributed by atoms with Crippen LogP contribution in [0.25, 0.3) is 0 Å².